The summed E-state index contributed by atoms with van der Waals surface area (Å²) in [6.07, 6.45) is 0. The lowest BCUT2D eigenvalue weighted by atomic mass is 9.93. The van der Waals surface area contributed by atoms with Crippen LogP contribution in [0.3, 0.4) is 0 Å². The Bertz CT molecular complexity index is 952. The number of anilines is 1. The maximum absolute atomic E-state index is 12.6. The van der Waals surface area contributed by atoms with Crippen LogP contribution >= 0.6 is 0 Å². The zero-order chi connectivity index (χ0) is 18.8. The molecule has 0 amide bonds. The number of carbonyl (C=O) groups is 1. The molecule has 0 atom stereocenters. The molecule has 0 saturated heterocycles. The topological polar surface area (TPSA) is 102 Å². The maximum Gasteiger partial charge on any atom is 0.209 e. The molecule has 2 aromatic rings. The Labute approximate surface area is 150 Å². The third-order valence-electron chi connectivity index (χ3n) is 4.10. The Balaban J connectivity index is 2.04. The van der Waals surface area contributed by atoms with E-state index in [4.69, 9.17) is 0 Å². The van der Waals surface area contributed by atoms with Gasteiger partial charge in [-0.05, 0) is 62.4 Å². The Morgan fingerprint density at radius 1 is 0.808 bits per heavy atom. The predicted octanol–water partition coefficient (Wildman–Crippen LogP) is 3.97. The van der Waals surface area contributed by atoms with Gasteiger partial charge in [0.2, 0.25) is 5.78 Å². The van der Waals surface area contributed by atoms with Gasteiger partial charge in [0.25, 0.3) is 0 Å². The summed E-state index contributed by atoms with van der Waals surface area (Å²) in [6, 6.07) is 12.5. The number of aliphatic imine (C=N–C) groups is 1. The van der Waals surface area contributed by atoms with Crippen molar-refractivity contribution in [3.05, 3.63) is 71.1 Å². The summed E-state index contributed by atoms with van der Waals surface area (Å²) in [5.41, 5.74) is 2.45. The number of hydrogen-bond donors (Lipinski definition) is 4. The molecule has 0 saturated carbocycles. The number of aliphatic hydroxyl groups excluding tert-OH is 1. The number of Topliss-reactive ketones (excluding diaryl/α,β-unsaturated/α-hetero) is 1. The average Bonchev–Trinajstić information content (AvgIpc) is 2.64. The van der Waals surface area contributed by atoms with Gasteiger partial charge < -0.3 is 20.6 Å². The van der Waals surface area contributed by atoms with Gasteiger partial charge in [0.1, 0.15) is 23.0 Å². The highest BCUT2D eigenvalue weighted by Crippen LogP contribution is 2.28. The highest BCUT2D eigenvalue weighted by molar-refractivity contribution is 6.27. The normalized spacial score (nSPS) is 16.4. The van der Waals surface area contributed by atoms with E-state index < -0.39 is 0 Å². The number of phenolic OH excluding ortho intramolecular Hbond substituents is 2. The number of hydrogen-bond acceptors (Lipinski definition) is 6. The molecule has 4 N–H and O–H groups in total. The minimum absolute atomic E-state index is 0.116. The fourth-order valence-electron chi connectivity index (χ4n) is 2.57. The van der Waals surface area contributed by atoms with Gasteiger partial charge in [-0.25, -0.2) is 4.99 Å². The van der Waals surface area contributed by atoms with Crippen LogP contribution < -0.4 is 5.32 Å². The van der Waals surface area contributed by atoms with E-state index in [-0.39, 0.29) is 34.3 Å². The molecule has 1 aliphatic carbocycles. The average molecular weight is 350 g/mol. The summed E-state index contributed by atoms with van der Waals surface area (Å²) >= 11 is 0. The summed E-state index contributed by atoms with van der Waals surface area (Å²) in [5, 5.41) is 32.2. The van der Waals surface area contributed by atoms with Crippen molar-refractivity contribution in [3.63, 3.8) is 0 Å². The van der Waals surface area contributed by atoms with E-state index >= 15 is 0 Å². The van der Waals surface area contributed by atoms with Gasteiger partial charge >= 0.3 is 0 Å². The van der Waals surface area contributed by atoms with Gasteiger partial charge in [-0.3, -0.25) is 4.79 Å². The second kappa shape index (κ2) is 6.76. The van der Waals surface area contributed by atoms with Crippen molar-refractivity contribution in [1.82, 2.24) is 0 Å². The van der Waals surface area contributed by atoms with E-state index in [0.29, 0.717) is 22.6 Å². The monoisotopic (exact) mass is 350 g/mol. The van der Waals surface area contributed by atoms with Crippen LogP contribution in [0.2, 0.25) is 0 Å². The number of carbonyl (C=O) groups excluding carboxylic acids is 1. The molecular formula is C20H18N2O4. The fourth-order valence-corrected chi connectivity index (χ4v) is 2.57. The van der Waals surface area contributed by atoms with Crippen molar-refractivity contribution in [3.8, 4) is 11.5 Å². The lowest BCUT2D eigenvalue weighted by Gasteiger charge is -2.21. The van der Waals surface area contributed by atoms with Crippen LogP contribution in [0.25, 0.3) is 0 Å². The third-order valence-corrected chi connectivity index (χ3v) is 4.10. The van der Waals surface area contributed by atoms with Gasteiger partial charge in [0, 0.05) is 16.8 Å². The van der Waals surface area contributed by atoms with Crippen LogP contribution in [0.4, 0.5) is 11.4 Å². The summed E-state index contributed by atoms with van der Waals surface area (Å²) in [4.78, 5) is 17.0. The molecule has 0 aromatic heterocycles. The van der Waals surface area contributed by atoms with Crippen molar-refractivity contribution in [2.75, 3.05) is 5.32 Å². The van der Waals surface area contributed by atoms with E-state index in [9.17, 15) is 20.1 Å². The van der Waals surface area contributed by atoms with Gasteiger partial charge in [-0.1, -0.05) is 0 Å². The molecule has 2 aromatic carbocycles. The predicted molar refractivity (Wildman–Crippen MR) is 100.0 cm³/mol. The molecule has 0 aliphatic heterocycles. The second-order valence-electron chi connectivity index (χ2n) is 5.95. The first-order valence-corrected chi connectivity index (χ1v) is 7.96. The number of nitrogens with one attached hydrogen (secondary N) is 1. The molecule has 6 nitrogen and oxygen atoms in total. The van der Waals surface area contributed by atoms with Crippen molar-refractivity contribution in [1.29, 1.82) is 0 Å². The van der Waals surface area contributed by atoms with Gasteiger partial charge in [0.15, 0.2) is 0 Å². The Hall–Kier alpha value is -3.54. The Morgan fingerprint density at radius 3 is 1.92 bits per heavy atom. The molecule has 3 rings (SSSR count). The van der Waals surface area contributed by atoms with Crippen LogP contribution in [0.1, 0.15) is 13.8 Å². The minimum Gasteiger partial charge on any atom is -0.508 e. The van der Waals surface area contributed by atoms with Crippen LogP contribution in [0.5, 0.6) is 11.5 Å². The number of benzene rings is 2. The second-order valence-corrected chi connectivity index (χ2v) is 5.95. The van der Waals surface area contributed by atoms with Gasteiger partial charge in [0.05, 0.1) is 11.4 Å². The highest BCUT2D eigenvalue weighted by Gasteiger charge is 2.29. The first-order valence-electron chi connectivity index (χ1n) is 7.96. The van der Waals surface area contributed by atoms with Crippen LogP contribution in [0, 0.1) is 0 Å². The first kappa shape index (κ1) is 17.3. The zero-order valence-electron chi connectivity index (χ0n) is 14.3. The van der Waals surface area contributed by atoms with Crippen molar-refractivity contribution >= 4 is 22.9 Å². The van der Waals surface area contributed by atoms with Crippen LogP contribution in [-0.2, 0) is 4.79 Å². The smallest absolute Gasteiger partial charge is 0.209 e. The summed E-state index contributed by atoms with van der Waals surface area (Å²) in [5.74, 6) is -0.250. The number of ketones is 1. The number of rotatable bonds is 3. The fraction of sp³-hybridized carbons (Fsp3) is 0.100. The largest absolute Gasteiger partial charge is 0.508 e. The van der Waals surface area contributed by atoms with Crippen molar-refractivity contribution in [2.24, 2.45) is 4.99 Å². The number of allylic oxidation sites excluding steroid dienone is 2. The molecule has 6 heteroatoms. The molecule has 0 heterocycles. The van der Waals surface area contributed by atoms with E-state index in [1.807, 2.05) is 0 Å². The summed E-state index contributed by atoms with van der Waals surface area (Å²) < 4.78 is 0. The molecule has 0 radical (unpaired) electrons. The molecular weight excluding hydrogens is 332 g/mol. The molecule has 1 aliphatic rings. The third kappa shape index (κ3) is 3.30. The maximum atomic E-state index is 12.6. The molecule has 0 bridgehead atoms. The highest BCUT2D eigenvalue weighted by atomic mass is 16.3. The number of aromatic hydroxyl groups is 2. The standard InChI is InChI=1S/C20H18N2O4/c1-11-17(21-13-3-7-15(23)8-4-13)19(25)12(2)20(26)18(11)22-14-5-9-16(24)10-6-14/h3-10,21,23-24,26H,1-2H3/b22-18-. The molecule has 132 valence electrons. The lowest BCUT2D eigenvalue weighted by molar-refractivity contribution is -0.112. The van der Waals surface area contributed by atoms with Crippen LogP contribution in [-0.4, -0.2) is 26.8 Å². The molecule has 0 fully saturated rings. The summed E-state index contributed by atoms with van der Waals surface area (Å²) in [7, 11) is 0. The van der Waals surface area contributed by atoms with E-state index in [2.05, 4.69) is 10.3 Å². The molecule has 0 spiro atoms. The number of aliphatic hydroxyl groups is 1. The van der Waals surface area contributed by atoms with Crippen molar-refractivity contribution in [2.45, 2.75) is 13.8 Å². The van der Waals surface area contributed by atoms with Gasteiger partial charge in [-0.15, -0.1) is 0 Å². The first-order chi connectivity index (χ1) is 12.4. The minimum atomic E-state index is -0.322. The number of nitrogens with zero attached hydrogens (tertiary/aromatic N) is 1. The quantitative estimate of drug-likeness (QED) is 0.495. The number of phenols is 2. The lowest BCUT2D eigenvalue weighted by Crippen LogP contribution is -2.25. The van der Waals surface area contributed by atoms with E-state index in [1.165, 1.54) is 31.2 Å². The SMILES string of the molecule is CC1=C(O)/C(=N\c2ccc(O)cc2)C(C)=C(Nc2ccc(O)cc2)C1=O. The molecule has 0 unspecified atom stereocenters. The van der Waals surface area contributed by atoms with Gasteiger partial charge in [-0.2, -0.15) is 0 Å². The van der Waals surface area contributed by atoms with Crippen molar-refractivity contribution < 1.29 is 20.1 Å². The van der Waals surface area contributed by atoms with Crippen LogP contribution in [0.15, 0.2) is 76.1 Å². The zero-order valence-corrected chi connectivity index (χ0v) is 14.3. The Morgan fingerprint density at radius 2 is 1.35 bits per heavy atom. The van der Waals surface area contributed by atoms with E-state index in [0.717, 1.165) is 0 Å². The van der Waals surface area contributed by atoms with E-state index in [1.54, 1.807) is 31.2 Å². The molecule has 26 heavy (non-hydrogen) atoms. The summed E-state index contributed by atoms with van der Waals surface area (Å²) in [6.45, 7) is 3.23. The Kier molecular flexibility index (Phi) is 4.49.